The van der Waals surface area contributed by atoms with Crippen LogP contribution in [-0.4, -0.2) is 11.0 Å². The van der Waals surface area contributed by atoms with Crippen LogP contribution >= 0.6 is 23.2 Å². The first-order chi connectivity index (χ1) is 8.90. The van der Waals surface area contributed by atoms with E-state index in [1.807, 2.05) is 0 Å². The maximum Gasteiger partial charge on any atom is 0.272 e. The molecule has 1 aliphatic carbocycles. The average molecular weight is 303 g/mol. The van der Waals surface area contributed by atoms with Gasteiger partial charge in [0.25, 0.3) is 5.69 Å². The fraction of sp³-hybridized carbons (Fsp3) is 0.538. The van der Waals surface area contributed by atoms with E-state index in [0.29, 0.717) is 33.6 Å². The molecule has 1 aromatic carbocycles. The predicted octanol–water partition coefficient (Wildman–Crippen LogP) is 4.75. The molecule has 19 heavy (non-hydrogen) atoms. The number of benzene rings is 1. The van der Waals surface area contributed by atoms with E-state index in [1.54, 1.807) is 0 Å². The molecular weight excluding hydrogens is 287 g/mol. The molecule has 3 atom stereocenters. The number of halogens is 2. The van der Waals surface area contributed by atoms with Crippen molar-refractivity contribution in [1.29, 1.82) is 0 Å². The van der Waals surface area contributed by atoms with Gasteiger partial charge in [-0.15, -0.1) is 0 Å². The first kappa shape index (κ1) is 14.4. The van der Waals surface area contributed by atoms with Crippen LogP contribution in [0.15, 0.2) is 12.1 Å². The molecule has 0 spiro atoms. The van der Waals surface area contributed by atoms with Gasteiger partial charge < -0.3 is 5.32 Å². The number of hydrogen-bond donors (Lipinski definition) is 1. The largest absolute Gasteiger partial charge is 0.380 e. The highest BCUT2D eigenvalue weighted by Crippen LogP contribution is 2.39. The molecule has 0 aromatic heterocycles. The maximum absolute atomic E-state index is 10.7. The molecule has 0 amide bonds. The minimum atomic E-state index is -0.498. The Labute approximate surface area is 122 Å². The van der Waals surface area contributed by atoms with Crippen LogP contribution in [0.5, 0.6) is 0 Å². The van der Waals surface area contributed by atoms with E-state index in [0.717, 1.165) is 6.42 Å². The van der Waals surface area contributed by atoms with Crippen molar-refractivity contribution in [3.8, 4) is 0 Å². The Morgan fingerprint density at radius 3 is 2.26 bits per heavy atom. The number of hydrogen-bond acceptors (Lipinski definition) is 3. The minimum absolute atomic E-state index is 0.0895. The molecule has 1 saturated carbocycles. The molecule has 0 saturated heterocycles. The Morgan fingerprint density at radius 1 is 1.26 bits per heavy atom. The van der Waals surface area contributed by atoms with Crippen molar-refractivity contribution in [2.75, 3.05) is 5.32 Å². The molecule has 3 unspecified atom stereocenters. The molecule has 6 heteroatoms. The lowest BCUT2D eigenvalue weighted by atomic mass is 9.97. The van der Waals surface area contributed by atoms with Crippen molar-refractivity contribution in [1.82, 2.24) is 0 Å². The molecular formula is C13H16Cl2N2O2. The Kier molecular flexibility index (Phi) is 4.21. The highest BCUT2D eigenvalue weighted by molar-refractivity contribution is 6.39. The molecule has 1 fully saturated rings. The number of non-ortho nitro benzene ring substituents is 1. The zero-order valence-corrected chi connectivity index (χ0v) is 12.3. The summed E-state index contributed by atoms with van der Waals surface area (Å²) in [4.78, 5) is 10.2. The first-order valence-electron chi connectivity index (χ1n) is 6.30. The molecule has 2 rings (SSSR count). The second-order valence-electron chi connectivity index (χ2n) is 5.21. The normalized spacial score (nSPS) is 26.4. The van der Waals surface area contributed by atoms with Crippen LogP contribution in [0.4, 0.5) is 11.4 Å². The Morgan fingerprint density at radius 2 is 1.84 bits per heavy atom. The number of nitrogens with zero attached hydrogens (tertiary/aromatic N) is 1. The molecule has 0 heterocycles. The molecule has 0 radical (unpaired) electrons. The summed E-state index contributed by atoms with van der Waals surface area (Å²) in [6, 6.07) is 2.98. The van der Waals surface area contributed by atoms with Crippen LogP contribution in [0.25, 0.3) is 0 Å². The monoisotopic (exact) mass is 302 g/mol. The lowest BCUT2D eigenvalue weighted by molar-refractivity contribution is -0.384. The maximum atomic E-state index is 10.7. The van der Waals surface area contributed by atoms with E-state index in [4.69, 9.17) is 23.2 Å². The first-order valence-corrected chi connectivity index (χ1v) is 7.05. The summed E-state index contributed by atoms with van der Waals surface area (Å²) in [5.41, 5.74) is 0.508. The molecule has 104 valence electrons. The Bertz CT molecular complexity index is 484. The topological polar surface area (TPSA) is 55.2 Å². The third-order valence-electron chi connectivity index (χ3n) is 4.03. The van der Waals surface area contributed by atoms with Crippen LogP contribution in [0.2, 0.25) is 10.0 Å². The lowest BCUT2D eigenvalue weighted by Crippen LogP contribution is -2.24. The van der Waals surface area contributed by atoms with Crippen LogP contribution in [-0.2, 0) is 0 Å². The summed E-state index contributed by atoms with van der Waals surface area (Å²) in [6.45, 7) is 4.42. The summed E-state index contributed by atoms with van der Waals surface area (Å²) in [5.74, 6) is 1.19. The van der Waals surface area contributed by atoms with Crippen molar-refractivity contribution in [2.24, 2.45) is 11.8 Å². The number of rotatable bonds is 3. The highest BCUT2D eigenvalue weighted by atomic mass is 35.5. The minimum Gasteiger partial charge on any atom is -0.380 e. The van der Waals surface area contributed by atoms with E-state index in [9.17, 15) is 10.1 Å². The van der Waals surface area contributed by atoms with Crippen molar-refractivity contribution in [3.63, 3.8) is 0 Å². The second-order valence-corrected chi connectivity index (χ2v) is 6.02. The van der Waals surface area contributed by atoms with E-state index < -0.39 is 4.92 Å². The van der Waals surface area contributed by atoms with Crippen LogP contribution in [0.1, 0.15) is 26.7 Å². The quantitative estimate of drug-likeness (QED) is 0.647. The SMILES string of the molecule is CC1CCC(Nc2c(Cl)cc([N+](=O)[O-])cc2Cl)C1C. The van der Waals surface area contributed by atoms with Gasteiger partial charge in [-0.3, -0.25) is 10.1 Å². The lowest BCUT2D eigenvalue weighted by Gasteiger charge is -2.22. The summed E-state index contributed by atoms with van der Waals surface area (Å²) in [6.07, 6.45) is 2.23. The highest BCUT2D eigenvalue weighted by Gasteiger charge is 2.30. The average Bonchev–Trinajstić information content (AvgIpc) is 2.65. The zero-order valence-electron chi connectivity index (χ0n) is 10.8. The van der Waals surface area contributed by atoms with Crippen molar-refractivity contribution < 1.29 is 4.92 Å². The summed E-state index contributed by atoms with van der Waals surface area (Å²) < 4.78 is 0. The van der Waals surface area contributed by atoms with Crippen LogP contribution in [0, 0.1) is 22.0 Å². The fourth-order valence-corrected chi connectivity index (χ4v) is 3.14. The van der Waals surface area contributed by atoms with Gasteiger partial charge in [-0.1, -0.05) is 37.0 Å². The molecule has 1 aromatic rings. The van der Waals surface area contributed by atoms with Gasteiger partial charge in [0.05, 0.1) is 20.7 Å². The van der Waals surface area contributed by atoms with Gasteiger partial charge >= 0.3 is 0 Å². The molecule has 1 N–H and O–H groups in total. The van der Waals surface area contributed by atoms with Gasteiger partial charge in [0, 0.05) is 18.2 Å². The van der Waals surface area contributed by atoms with Gasteiger partial charge in [-0.05, 0) is 24.7 Å². The van der Waals surface area contributed by atoms with Gasteiger partial charge in [0.2, 0.25) is 0 Å². The molecule has 4 nitrogen and oxygen atoms in total. The van der Waals surface area contributed by atoms with Crippen molar-refractivity contribution in [2.45, 2.75) is 32.7 Å². The smallest absolute Gasteiger partial charge is 0.272 e. The van der Waals surface area contributed by atoms with Gasteiger partial charge in [0.15, 0.2) is 0 Å². The molecule has 1 aliphatic rings. The number of nitro benzene ring substituents is 1. The number of anilines is 1. The summed E-state index contributed by atoms with van der Waals surface area (Å²) >= 11 is 12.2. The summed E-state index contributed by atoms with van der Waals surface area (Å²) in [5, 5.41) is 14.7. The molecule has 0 bridgehead atoms. The van der Waals surface area contributed by atoms with Gasteiger partial charge in [-0.25, -0.2) is 0 Å². The van der Waals surface area contributed by atoms with Crippen molar-refractivity contribution in [3.05, 3.63) is 32.3 Å². The predicted molar refractivity (Wildman–Crippen MR) is 78.1 cm³/mol. The van der Waals surface area contributed by atoms with Crippen LogP contribution in [0.3, 0.4) is 0 Å². The number of nitro groups is 1. The van der Waals surface area contributed by atoms with Crippen LogP contribution < -0.4 is 5.32 Å². The third kappa shape index (κ3) is 2.95. The fourth-order valence-electron chi connectivity index (χ4n) is 2.56. The van der Waals surface area contributed by atoms with E-state index in [1.165, 1.54) is 18.6 Å². The number of nitrogens with one attached hydrogen (secondary N) is 1. The second kappa shape index (κ2) is 5.55. The van der Waals surface area contributed by atoms with Gasteiger partial charge in [-0.2, -0.15) is 0 Å². The summed E-state index contributed by atoms with van der Waals surface area (Å²) in [7, 11) is 0. The standard InChI is InChI=1S/C13H16Cl2N2O2/c1-7-3-4-12(8(7)2)16-13-10(14)5-9(17(18)19)6-11(13)15/h5-8,12,16H,3-4H2,1-2H3. The third-order valence-corrected chi connectivity index (χ3v) is 4.63. The molecule has 0 aliphatic heterocycles. The van der Waals surface area contributed by atoms with E-state index in [-0.39, 0.29) is 5.69 Å². The Balaban J connectivity index is 2.24. The van der Waals surface area contributed by atoms with E-state index in [2.05, 4.69) is 19.2 Å². The van der Waals surface area contributed by atoms with Crippen molar-refractivity contribution >= 4 is 34.6 Å². The Hall–Kier alpha value is -1.00. The zero-order chi connectivity index (χ0) is 14.2. The van der Waals surface area contributed by atoms with Gasteiger partial charge in [0.1, 0.15) is 0 Å². The van der Waals surface area contributed by atoms with E-state index >= 15 is 0 Å².